The highest BCUT2D eigenvalue weighted by Crippen LogP contribution is 2.09. The summed E-state index contributed by atoms with van der Waals surface area (Å²) in [5.74, 6) is -0.480. The fourth-order valence-electron chi connectivity index (χ4n) is 1.11. The Balaban J connectivity index is 2.63. The van der Waals surface area contributed by atoms with Gasteiger partial charge in [-0.25, -0.2) is 4.39 Å². The molecule has 78 valence electrons. The first-order chi connectivity index (χ1) is 7.13. The minimum Gasteiger partial charge on any atom is -0.308 e. The van der Waals surface area contributed by atoms with Crippen molar-refractivity contribution in [3.8, 4) is 6.07 Å². The quantitative estimate of drug-likeness (QED) is 0.912. The molecular formula is C11H10BrFN2. The van der Waals surface area contributed by atoms with Crippen LogP contribution in [0.15, 0.2) is 29.3 Å². The van der Waals surface area contributed by atoms with E-state index in [0.29, 0.717) is 13.1 Å². The minimum atomic E-state index is -0.480. The summed E-state index contributed by atoms with van der Waals surface area (Å²) >= 11 is 3.22. The maximum atomic E-state index is 13.0. The van der Waals surface area contributed by atoms with Crippen LogP contribution in [0.25, 0.3) is 0 Å². The molecule has 0 unspecified atom stereocenters. The van der Waals surface area contributed by atoms with E-state index in [1.54, 1.807) is 18.2 Å². The Labute approximate surface area is 96.5 Å². The van der Waals surface area contributed by atoms with Gasteiger partial charge in [-0.05, 0) is 17.7 Å². The molecule has 0 atom stereocenters. The predicted octanol–water partition coefficient (Wildman–Crippen LogP) is 2.70. The average Bonchev–Trinajstić information content (AvgIpc) is 2.20. The predicted molar refractivity (Wildman–Crippen MR) is 60.9 cm³/mol. The zero-order chi connectivity index (χ0) is 11.3. The van der Waals surface area contributed by atoms with Crippen LogP contribution < -0.4 is 5.32 Å². The summed E-state index contributed by atoms with van der Waals surface area (Å²) in [6.45, 7) is 4.90. The Morgan fingerprint density at radius 1 is 1.60 bits per heavy atom. The van der Waals surface area contributed by atoms with Gasteiger partial charge >= 0.3 is 0 Å². The molecule has 1 N–H and O–H groups in total. The molecule has 0 amide bonds. The molecule has 0 aliphatic heterocycles. The zero-order valence-corrected chi connectivity index (χ0v) is 9.64. The molecule has 1 aromatic carbocycles. The second-order valence-electron chi connectivity index (χ2n) is 3.05. The number of nitriles is 1. The van der Waals surface area contributed by atoms with Crippen molar-refractivity contribution in [2.24, 2.45) is 0 Å². The number of halogens is 2. The van der Waals surface area contributed by atoms with Gasteiger partial charge in [0.2, 0.25) is 0 Å². The first-order valence-corrected chi connectivity index (χ1v) is 5.15. The maximum absolute atomic E-state index is 13.0. The SMILES string of the molecule is C=C(Br)CNCc1ccc(F)c(C#N)c1. The molecule has 2 nitrogen and oxygen atoms in total. The number of nitrogens with zero attached hydrogens (tertiary/aromatic N) is 1. The second kappa shape index (κ2) is 5.64. The topological polar surface area (TPSA) is 35.8 Å². The lowest BCUT2D eigenvalue weighted by atomic mass is 10.1. The normalized spacial score (nSPS) is 9.67. The summed E-state index contributed by atoms with van der Waals surface area (Å²) < 4.78 is 13.8. The van der Waals surface area contributed by atoms with Gasteiger partial charge in [0.05, 0.1) is 5.56 Å². The monoisotopic (exact) mass is 268 g/mol. The van der Waals surface area contributed by atoms with Crippen molar-refractivity contribution in [3.63, 3.8) is 0 Å². The largest absolute Gasteiger partial charge is 0.308 e. The Morgan fingerprint density at radius 2 is 2.33 bits per heavy atom. The lowest BCUT2D eigenvalue weighted by Crippen LogP contribution is -2.14. The van der Waals surface area contributed by atoms with Crippen LogP contribution in [0, 0.1) is 17.1 Å². The van der Waals surface area contributed by atoms with Crippen molar-refractivity contribution in [3.05, 3.63) is 46.2 Å². The fraction of sp³-hybridized carbons (Fsp3) is 0.182. The van der Waals surface area contributed by atoms with Crippen molar-refractivity contribution < 1.29 is 4.39 Å². The van der Waals surface area contributed by atoms with Crippen LogP contribution in [0.2, 0.25) is 0 Å². The van der Waals surface area contributed by atoms with E-state index in [1.807, 2.05) is 0 Å². The van der Waals surface area contributed by atoms with Crippen LogP contribution in [0.1, 0.15) is 11.1 Å². The van der Waals surface area contributed by atoms with Crippen LogP contribution in [0.3, 0.4) is 0 Å². The first kappa shape index (κ1) is 11.9. The molecule has 0 aromatic heterocycles. The number of hydrogen-bond acceptors (Lipinski definition) is 2. The first-order valence-electron chi connectivity index (χ1n) is 4.36. The molecule has 1 rings (SSSR count). The molecule has 1 aromatic rings. The van der Waals surface area contributed by atoms with Gasteiger partial charge in [-0.1, -0.05) is 28.6 Å². The molecule has 0 spiro atoms. The van der Waals surface area contributed by atoms with Crippen molar-refractivity contribution in [2.45, 2.75) is 6.54 Å². The van der Waals surface area contributed by atoms with Gasteiger partial charge in [-0.15, -0.1) is 0 Å². The zero-order valence-electron chi connectivity index (χ0n) is 8.06. The maximum Gasteiger partial charge on any atom is 0.140 e. The summed E-state index contributed by atoms with van der Waals surface area (Å²) in [6, 6.07) is 6.30. The molecule has 0 saturated carbocycles. The van der Waals surface area contributed by atoms with Crippen LogP contribution in [0.5, 0.6) is 0 Å². The van der Waals surface area contributed by atoms with E-state index in [2.05, 4.69) is 27.8 Å². The van der Waals surface area contributed by atoms with Gasteiger partial charge in [0.25, 0.3) is 0 Å². The Hall–Kier alpha value is -1.18. The second-order valence-corrected chi connectivity index (χ2v) is 4.17. The molecule has 15 heavy (non-hydrogen) atoms. The molecule has 0 aliphatic carbocycles. The molecule has 0 fully saturated rings. The number of rotatable bonds is 4. The van der Waals surface area contributed by atoms with Gasteiger partial charge in [0.15, 0.2) is 0 Å². The van der Waals surface area contributed by atoms with E-state index < -0.39 is 5.82 Å². The van der Waals surface area contributed by atoms with Crippen LogP contribution in [-0.4, -0.2) is 6.54 Å². The summed E-state index contributed by atoms with van der Waals surface area (Å²) in [5, 5.41) is 11.7. The highest BCUT2D eigenvalue weighted by molar-refractivity contribution is 9.11. The van der Waals surface area contributed by atoms with Gasteiger partial charge in [0, 0.05) is 17.6 Å². The summed E-state index contributed by atoms with van der Waals surface area (Å²) in [5.41, 5.74) is 0.952. The van der Waals surface area contributed by atoms with Gasteiger partial charge in [-0.3, -0.25) is 0 Å². The molecular weight excluding hydrogens is 259 g/mol. The minimum absolute atomic E-state index is 0.0759. The number of benzene rings is 1. The number of hydrogen-bond donors (Lipinski definition) is 1. The summed E-state index contributed by atoms with van der Waals surface area (Å²) in [7, 11) is 0. The van der Waals surface area contributed by atoms with Crippen molar-refractivity contribution in [2.75, 3.05) is 6.54 Å². The Morgan fingerprint density at radius 3 is 2.93 bits per heavy atom. The lowest BCUT2D eigenvalue weighted by molar-refractivity contribution is 0.622. The van der Waals surface area contributed by atoms with Crippen LogP contribution in [-0.2, 0) is 6.54 Å². The standard InChI is InChI=1S/C11H10BrFN2/c1-8(12)6-15-7-9-2-3-11(13)10(4-9)5-14/h2-4,15H,1,6-7H2. The van der Waals surface area contributed by atoms with E-state index in [1.165, 1.54) is 6.07 Å². The lowest BCUT2D eigenvalue weighted by Gasteiger charge is -2.04. The van der Waals surface area contributed by atoms with Crippen LogP contribution >= 0.6 is 15.9 Å². The van der Waals surface area contributed by atoms with E-state index in [9.17, 15) is 4.39 Å². The van der Waals surface area contributed by atoms with E-state index >= 15 is 0 Å². The van der Waals surface area contributed by atoms with Crippen molar-refractivity contribution >= 4 is 15.9 Å². The van der Waals surface area contributed by atoms with E-state index in [4.69, 9.17) is 5.26 Å². The molecule has 4 heteroatoms. The Bertz CT molecular complexity index is 410. The van der Waals surface area contributed by atoms with E-state index in [-0.39, 0.29) is 5.56 Å². The molecule has 0 aliphatic rings. The third-order valence-electron chi connectivity index (χ3n) is 1.80. The van der Waals surface area contributed by atoms with Gasteiger partial charge < -0.3 is 5.32 Å². The number of nitrogens with one attached hydrogen (secondary N) is 1. The smallest absolute Gasteiger partial charge is 0.140 e. The van der Waals surface area contributed by atoms with Crippen molar-refractivity contribution in [1.82, 2.24) is 5.32 Å². The molecule has 0 heterocycles. The van der Waals surface area contributed by atoms with Crippen LogP contribution in [0.4, 0.5) is 4.39 Å². The average molecular weight is 269 g/mol. The summed E-state index contributed by atoms with van der Waals surface area (Å²) in [4.78, 5) is 0. The Kier molecular flexibility index (Phi) is 4.47. The highest BCUT2D eigenvalue weighted by Gasteiger charge is 2.02. The highest BCUT2D eigenvalue weighted by atomic mass is 79.9. The molecule has 0 bridgehead atoms. The van der Waals surface area contributed by atoms with Gasteiger partial charge in [-0.2, -0.15) is 5.26 Å². The third kappa shape index (κ3) is 3.82. The summed E-state index contributed by atoms with van der Waals surface area (Å²) in [6.07, 6.45) is 0. The fourth-order valence-corrected chi connectivity index (χ4v) is 1.31. The third-order valence-corrected chi connectivity index (χ3v) is 2.08. The molecule has 0 radical (unpaired) electrons. The molecule has 0 saturated heterocycles. The van der Waals surface area contributed by atoms with Gasteiger partial charge in [0.1, 0.15) is 11.9 Å². The van der Waals surface area contributed by atoms with Crippen molar-refractivity contribution in [1.29, 1.82) is 5.26 Å². The van der Waals surface area contributed by atoms with E-state index in [0.717, 1.165) is 10.0 Å².